The van der Waals surface area contributed by atoms with Crippen LogP contribution in [0.4, 0.5) is 16.2 Å². The van der Waals surface area contributed by atoms with E-state index in [-0.39, 0.29) is 11.4 Å². The highest BCUT2D eigenvalue weighted by Gasteiger charge is 2.16. The molecule has 0 atom stereocenters. The van der Waals surface area contributed by atoms with E-state index in [4.69, 9.17) is 10.5 Å². The van der Waals surface area contributed by atoms with Crippen LogP contribution in [0.5, 0.6) is 5.75 Å². The molecule has 1 rings (SSSR count). The highest BCUT2D eigenvalue weighted by Crippen LogP contribution is 2.27. The molecule has 0 aliphatic heterocycles. The van der Waals surface area contributed by atoms with Crippen LogP contribution in [0.1, 0.15) is 0 Å². The van der Waals surface area contributed by atoms with Gasteiger partial charge in [-0.25, -0.2) is 9.52 Å². The van der Waals surface area contributed by atoms with Gasteiger partial charge >= 0.3 is 16.3 Å². The number of nitrogen functional groups attached to an aromatic ring is 1. The second kappa shape index (κ2) is 5.45. The summed E-state index contributed by atoms with van der Waals surface area (Å²) in [5.41, 5.74) is 6.08. The van der Waals surface area contributed by atoms with E-state index in [0.717, 1.165) is 7.11 Å². The van der Waals surface area contributed by atoms with Gasteiger partial charge in [-0.1, -0.05) is 0 Å². The van der Waals surface area contributed by atoms with E-state index < -0.39 is 16.3 Å². The predicted molar refractivity (Wildman–Crippen MR) is 65.5 cm³/mol. The van der Waals surface area contributed by atoms with Gasteiger partial charge in [0.25, 0.3) is 0 Å². The average molecular weight is 275 g/mol. The number of ether oxygens (including phenoxy) is 2. The Kier molecular flexibility index (Phi) is 4.21. The molecule has 0 heterocycles. The van der Waals surface area contributed by atoms with Crippen LogP contribution in [-0.2, 0) is 14.9 Å². The third kappa shape index (κ3) is 3.70. The van der Waals surface area contributed by atoms with E-state index in [1.165, 1.54) is 25.3 Å². The van der Waals surface area contributed by atoms with Gasteiger partial charge < -0.3 is 15.2 Å². The lowest BCUT2D eigenvalue weighted by molar-refractivity contribution is 0.177. The van der Waals surface area contributed by atoms with Crippen molar-refractivity contribution >= 4 is 27.7 Å². The Morgan fingerprint density at radius 2 is 2.00 bits per heavy atom. The molecule has 1 aromatic carbocycles. The summed E-state index contributed by atoms with van der Waals surface area (Å²) in [5, 5.41) is 0. The molecule has 8 nitrogen and oxygen atoms in total. The van der Waals surface area contributed by atoms with Crippen molar-refractivity contribution < 1.29 is 22.7 Å². The molecule has 18 heavy (non-hydrogen) atoms. The average Bonchev–Trinajstić information content (AvgIpc) is 2.30. The largest absolute Gasteiger partial charge is 0.494 e. The fourth-order valence-electron chi connectivity index (χ4n) is 1.11. The number of hydrogen-bond acceptors (Lipinski definition) is 6. The molecule has 9 heteroatoms. The number of methoxy groups -OCH3 is 2. The molecule has 0 saturated carbocycles. The van der Waals surface area contributed by atoms with Crippen molar-refractivity contribution in [1.82, 2.24) is 4.72 Å². The van der Waals surface area contributed by atoms with Crippen molar-refractivity contribution in [1.29, 1.82) is 0 Å². The molecule has 0 bridgehead atoms. The predicted octanol–water partition coefficient (Wildman–Crippen LogP) is 0.290. The number of amides is 1. The van der Waals surface area contributed by atoms with Crippen LogP contribution in [0.25, 0.3) is 0 Å². The molecule has 0 aromatic heterocycles. The van der Waals surface area contributed by atoms with E-state index in [1.54, 1.807) is 4.72 Å². The topological polar surface area (TPSA) is 120 Å². The number of benzene rings is 1. The Balaban J connectivity index is 2.94. The summed E-state index contributed by atoms with van der Waals surface area (Å²) in [6.45, 7) is 0. The Hall–Kier alpha value is -2.16. The van der Waals surface area contributed by atoms with Gasteiger partial charge in [-0.2, -0.15) is 8.42 Å². The summed E-state index contributed by atoms with van der Waals surface area (Å²) in [6.07, 6.45) is -1.10. The Morgan fingerprint density at radius 3 is 2.56 bits per heavy atom. The van der Waals surface area contributed by atoms with E-state index in [2.05, 4.69) is 9.46 Å². The number of carbonyl (C=O) groups is 1. The van der Waals surface area contributed by atoms with Crippen LogP contribution in [0, 0.1) is 0 Å². The van der Waals surface area contributed by atoms with Crippen LogP contribution in [0.2, 0.25) is 0 Å². The van der Waals surface area contributed by atoms with Crippen LogP contribution < -0.4 is 19.9 Å². The number of hydrogen-bond donors (Lipinski definition) is 3. The first-order chi connectivity index (χ1) is 8.38. The standard InChI is InChI=1S/C9H13N3O5S/c1-16-8-5-6(10)3-4-7(8)11-18(14,15)12-9(13)17-2/h3-5,11H,10H2,1-2H3,(H,12,13). The first-order valence-electron chi connectivity index (χ1n) is 4.70. The zero-order chi connectivity index (χ0) is 13.8. The van der Waals surface area contributed by atoms with Crippen molar-refractivity contribution in [2.24, 2.45) is 0 Å². The van der Waals surface area contributed by atoms with Crippen LogP contribution in [-0.4, -0.2) is 28.7 Å². The van der Waals surface area contributed by atoms with E-state index in [1.807, 2.05) is 0 Å². The summed E-state index contributed by atoms with van der Waals surface area (Å²) in [5.74, 6) is 0.227. The SMILES string of the molecule is COC(=O)NS(=O)(=O)Nc1ccc(N)cc1OC. The molecule has 100 valence electrons. The summed E-state index contributed by atoms with van der Waals surface area (Å²) in [6, 6.07) is 4.33. The van der Waals surface area contributed by atoms with Gasteiger partial charge in [0.2, 0.25) is 0 Å². The van der Waals surface area contributed by atoms with Gasteiger partial charge in [-0.15, -0.1) is 0 Å². The highest BCUT2D eigenvalue weighted by atomic mass is 32.2. The van der Waals surface area contributed by atoms with Gasteiger partial charge in [0.1, 0.15) is 5.75 Å². The molecule has 0 fully saturated rings. The normalized spacial score (nSPS) is 10.6. The number of anilines is 2. The van der Waals surface area contributed by atoms with Gasteiger partial charge in [-0.3, -0.25) is 4.72 Å². The third-order valence-electron chi connectivity index (χ3n) is 1.87. The van der Waals surface area contributed by atoms with E-state index in [0.29, 0.717) is 5.69 Å². The number of nitrogens with one attached hydrogen (secondary N) is 2. The smallest absolute Gasteiger partial charge is 0.422 e. The van der Waals surface area contributed by atoms with Gasteiger partial charge in [-0.05, 0) is 12.1 Å². The van der Waals surface area contributed by atoms with Gasteiger partial charge in [0, 0.05) is 11.8 Å². The van der Waals surface area contributed by atoms with Crippen molar-refractivity contribution in [2.45, 2.75) is 0 Å². The molecule has 0 spiro atoms. The fraction of sp³-hybridized carbons (Fsp3) is 0.222. The maximum absolute atomic E-state index is 11.5. The maximum Gasteiger partial charge on any atom is 0.422 e. The second-order valence-corrected chi connectivity index (χ2v) is 4.57. The summed E-state index contributed by atoms with van der Waals surface area (Å²) in [7, 11) is -1.68. The Bertz CT molecular complexity index is 543. The minimum Gasteiger partial charge on any atom is -0.494 e. The molecule has 0 unspecified atom stereocenters. The lowest BCUT2D eigenvalue weighted by Gasteiger charge is -2.12. The van der Waals surface area contributed by atoms with Gasteiger partial charge in [0.15, 0.2) is 0 Å². The molecule has 1 aromatic rings. The molecule has 0 aliphatic carbocycles. The zero-order valence-corrected chi connectivity index (χ0v) is 10.6. The molecule has 0 aliphatic rings. The van der Waals surface area contributed by atoms with Crippen LogP contribution in [0.3, 0.4) is 0 Å². The minimum atomic E-state index is -4.09. The number of nitrogens with two attached hydrogens (primary N) is 1. The Morgan fingerprint density at radius 1 is 1.33 bits per heavy atom. The Labute approximate surface area is 104 Å². The molecule has 0 radical (unpaired) electrons. The molecular formula is C9H13N3O5S. The molecule has 4 N–H and O–H groups in total. The molecule has 1 amide bonds. The van der Waals surface area contributed by atoms with E-state index in [9.17, 15) is 13.2 Å². The van der Waals surface area contributed by atoms with Crippen molar-refractivity contribution in [3.05, 3.63) is 18.2 Å². The first kappa shape index (κ1) is 13.9. The molecular weight excluding hydrogens is 262 g/mol. The van der Waals surface area contributed by atoms with Crippen LogP contribution in [0.15, 0.2) is 18.2 Å². The second-order valence-electron chi connectivity index (χ2n) is 3.16. The summed E-state index contributed by atoms with van der Waals surface area (Å²) in [4.78, 5) is 10.8. The number of carbonyl (C=O) groups excluding carboxylic acids is 1. The molecule has 0 saturated heterocycles. The monoisotopic (exact) mass is 275 g/mol. The van der Waals surface area contributed by atoms with Crippen LogP contribution >= 0.6 is 0 Å². The third-order valence-corrected chi connectivity index (χ3v) is 2.80. The van der Waals surface area contributed by atoms with Gasteiger partial charge in [0.05, 0.1) is 19.9 Å². The summed E-state index contributed by atoms with van der Waals surface area (Å²) >= 11 is 0. The fourth-order valence-corrected chi connectivity index (χ4v) is 1.93. The summed E-state index contributed by atoms with van der Waals surface area (Å²) < 4.78 is 35.9. The van der Waals surface area contributed by atoms with Crippen molar-refractivity contribution in [3.63, 3.8) is 0 Å². The van der Waals surface area contributed by atoms with Crippen molar-refractivity contribution in [2.75, 3.05) is 24.7 Å². The minimum absolute atomic E-state index is 0.142. The highest BCUT2D eigenvalue weighted by molar-refractivity contribution is 7.91. The lowest BCUT2D eigenvalue weighted by Crippen LogP contribution is -2.35. The van der Waals surface area contributed by atoms with Crippen molar-refractivity contribution in [3.8, 4) is 5.75 Å². The van der Waals surface area contributed by atoms with E-state index >= 15 is 0 Å². The quantitative estimate of drug-likeness (QED) is 0.679. The maximum atomic E-state index is 11.5. The zero-order valence-electron chi connectivity index (χ0n) is 9.76. The lowest BCUT2D eigenvalue weighted by atomic mass is 10.2. The number of rotatable bonds is 4. The first-order valence-corrected chi connectivity index (χ1v) is 6.18.